The fraction of sp³-hybridized carbons (Fsp3) is 0.783. The van der Waals surface area contributed by atoms with E-state index in [4.69, 9.17) is 0 Å². The molecule has 0 aliphatic carbocycles. The summed E-state index contributed by atoms with van der Waals surface area (Å²) in [5.41, 5.74) is 0. The molecule has 0 aliphatic rings. The molecule has 7 heteroatoms. The topological polar surface area (TPSA) is 109 Å². The monoisotopic (exact) mass is 433 g/mol. The summed E-state index contributed by atoms with van der Waals surface area (Å²) >= 11 is 0. The molecule has 0 aromatic carbocycles. The van der Waals surface area contributed by atoms with Crippen LogP contribution in [-0.4, -0.2) is 46.9 Å². The molecule has 0 unspecified atom stereocenters. The van der Waals surface area contributed by atoms with E-state index < -0.39 is 24.4 Å². The molecular formula is C23H39MgNO5. The Balaban J connectivity index is 0. The quantitative estimate of drug-likeness (QED) is 0.180. The van der Waals surface area contributed by atoms with Crippen molar-refractivity contribution in [2.45, 2.75) is 116 Å². The average Bonchev–Trinajstić information content (AvgIpc) is 2.67. The van der Waals surface area contributed by atoms with Crippen LogP contribution >= 0.6 is 0 Å². The molecule has 0 saturated carbocycles. The number of amides is 1. The van der Waals surface area contributed by atoms with E-state index >= 15 is 0 Å². The third-order valence-corrected chi connectivity index (χ3v) is 4.92. The molecule has 0 rings (SSSR count). The Kier molecular flexibility index (Phi) is 23.4. The van der Waals surface area contributed by atoms with Gasteiger partial charge in [0.05, 0.1) is 12.0 Å². The van der Waals surface area contributed by atoms with Gasteiger partial charge in [-0.3, -0.25) is 4.79 Å². The molecule has 1 atom stereocenters. The minimum Gasteiger partial charge on any atom is -0.550 e. The van der Waals surface area contributed by atoms with Crippen LogP contribution in [0.4, 0.5) is 0 Å². The number of hydrogen-bond acceptors (Lipinski definition) is 5. The minimum atomic E-state index is -1.47. The Morgan fingerprint density at radius 2 is 1.27 bits per heavy atom. The summed E-state index contributed by atoms with van der Waals surface area (Å²) in [5.74, 6) is -3.19. The van der Waals surface area contributed by atoms with Crippen molar-refractivity contribution in [2.24, 2.45) is 0 Å². The van der Waals surface area contributed by atoms with Gasteiger partial charge < -0.3 is 25.1 Å². The molecule has 1 N–H and O–H groups in total. The van der Waals surface area contributed by atoms with E-state index in [1.807, 2.05) is 0 Å². The molecular weight excluding hydrogens is 395 g/mol. The van der Waals surface area contributed by atoms with Gasteiger partial charge in [-0.25, -0.2) is 0 Å². The van der Waals surface area contributed by atoms with Crippen molar-refractivity contribution in [3.05, 3.63) is 12.2 Å². The second-order valence-corrected chi connectivity index (χ2v) is 7.68. The van der Waals surface area contributed by atoms with Crippen LogP contribution in [0.5, 0.6) is 0 Å². The number of aliphatic carboxylic acids is 2. The van der Waals surface area contributed by atoms with Gasteiger partial charge in [-0.15, -0.1) is 0 Å². The summed E-state index contributed by atoms with van der Waals surface area (Å²) in [6, 6.07) is -1.27. The maximum Gasteiger partial charge on any atom is 2.00 e. The molecule has 0 heterocycles. The summed E-state index contributed by atoms with van der Waals surface area (Å²) in [6.45, 7) is 2.24. The predicted octanol–water partition coefficient (Wildman–Crippen LogP) is 2.41. The van der Waals surface area contributed by atoms with Crippen LogP contribution in [0.15, 0.2) is 12.2 Å². The average molecular weight is 434 g/mol. The van der Waals surface area contributed by atoms with Gasteiger partial charge in [0.1, 0.15) is 0 Å². The maximum atomic E-state index is 11.8. The molecule has 0 radical (unpaired) electrons. The van der Waals surface area contributed by atoms with Gasteiger partial charge in [0.25, 0.3) is 0 Å². The van der Waals surface area contributed by atoms with E-state index in [9.17, 15) is 24.6 Å². The largest absolute Gasteiger partial charge is 2.00 e. The third-order valence-electron chi connectivity index (χ3n) is 4.92. The van der Waals surface area contributed by atoms with Gasteiger partial charge in [-0.1, -0.05) is 70.4 Å². The maximum absolute atomic E-state index is 11.8. The molecule has 0 aromatic heterocycles. The van der Waals surface area contributed by atoms with E-state index in [0.29, 0.717) is 6.42 Å². The second kappa shape index (κ2) is 22.6. The van der Waals surface area contributed by atoms with Gasteiger partial charge in [-0.2, -0.15) is 0 Å². The van der Waals surface area contributed by atoms with E-state index in [-0.39, 0.29) is 41.8 Å². The second-order valence-electron chi connectivity index (χ2n) is 7.68. The number of carboxylic acids is 2. The fourth-order valence-corrected chi connectivity index (χ4v) is 3.13. The van der Waals surface area contributed by atoms with Gasteiger partial charge in [-0.05, 0) is 44.9 Å². The molecule has 168 valence electrons. The summed E-state index contributed by atoms with van der Waals surface area (Å²) in [6.07, 6.45) is 19.4. The first-order chi connectivity index (χ1) is 14.0. The van der Waals surface area contributed by atoms with Gasteiger partial charge in [0.2, 0.25) is 5.91 Å². The fourth-order valence-electron chi connectivity index (χ4n) is 3.13. The number of unbranched alkanes of at least 4 members (excludes halogenated alkanes) is 11. The number of nitrogens with one attached hydrogen (secondary N) is 1. The normalized spacial score (nSPS) is 11.8. The number of allylic oxidation sites excluding steroid dienone is 2. The molecule has 0 aromatic rings. The van der Waals surface area contributed by atoms with Crippen LogP contribution in [0.2, 0.25) is 0 Å². The third kappa shape index (κ3) is 21.6. The first-order valence-electron chi connectivity index (χ1n) is 11.3. The van der Waals surface area contributed by atoms with Crippen LogP contribution in [0, 0.1) is 0 Å². The van der Waals surface area contributed by atoms with Crippen molar-refractivity contribution in [1.82, 2.24) is 5.32 Å². The zero-order chi connectivity index (χ0) is 21.7. The van der Waals surface area contributed by atoms with Crippen LogP contribution in [0.3, 0.4) is 0 Å². The number of carbonyl (C=O) groups is 3. The number of rotatable bonds is 20. The Morgan fingerprint density at radius 3 is 1.77 bits per heavy atom. The number of hydrogen-bond donors (Lipinski definition) is 1. The summed E-state index contributed by atoms with van der Waals surface area (Å²) in [5, 5.41) is 23.6. The zero-order valence-electron chi connectivity index (χ0n) is 18.8. The summed E-state index contributed by atoms with van der Waals surface area (Å²) < 4.78 is 0. The van der Waals surface area contributed by atoms with Crippen LogP contribution in [0.25, 0.3) is 0 Å². The molecule has 0 saturated heterocycles. The van der Waals surface area contributed by atoms with E-state index in [2.05, 4.69) is 24.4 Å². The Morgan fingerprint density at radius 1 is 0.767 bits per heavy atom. The van der Waals surface area contributed by atoms with Crippen molar-refractivity contribution >= 4 is 40.9 Å². The molecule has 0 aliphatic heterocycles. The zero-order valence-corrected chi connectivity index (χ0v) is 20.2. The summed E-state index contributed by atoms with van der Waals surface area (Å²) in [4.78, 5) is 33.1. The van der Waals surface area contributed by atoms with Crippen molar-refractivity contribution in [2.75, 3.05) is 0 Å². The van der Waals surface area contributed by atoms with Crippen LogP contribution < -0.4 is 15.5 Å². The molecule has 0 bridgehead atoms. The minimum absolute atomic E-state index is 0. The molecule has 30 heavy (non-hydrogen) atoms. The SMILES string of the molecule is CCCCCCCC/C=C\CCCCCCCC(=O)N[C@H](CCC(=O)[O-])C(=O)[O-].[Mg+2]. The van der Waals surface area contributed by atoms with E-state index in [1.54, 1.807) is 0 Å². The molecule has 0 fully saturated rings. The predicted molar refractivity (Wildman–Crippen MR) is 116 cm³/mol. The Labute approximate surface area is 198 Å². The van der Waals surface area contributed by atoms with Gasteiger partial charge in [0, 0.05) is 12.4 Å². The van der Waals surface area contributed by atoms with Crippen molar-refractivity contribution < 1.29 is 24.6 Å². The van der Waals surface area contributed by atoms with Crippen molar-refractivity contribution in [1.29, 1.82) is 0 Å². The van der Waals surface area contributed by atoms with E-state index in [1.165, 1.54) is 44.9 Å². The Hall–Kier alpha value is -1.08. The number of carbonyl (C=O) groups excluding carboxylic acids is 3. The van der Waals surface area contributed by atoms with Gasteiger partial charge >= 0.3 is 23.1 Å². The summed E-state index contributed by atoms with van der Waals surface area (Å²) in [7, 11) is 0. The van der Waals surface area contributed by atoms with Gasteiger partial charge in [0.15, 0.2) is 0 Å². The standard InChI is InChI=1S/C23H41NO5.Mg/c1-2-3-4-5-6-7-8-9-10-11-12-13-14-15-16-17-21(25)24-20(23(28)29)18-19-22(26)27;/h9-10,20H,2-8,11-19H2,1H3,(H,24,25)(H,26,27)(H,28,29);/q;+2/p-2/b10-9-;/t20-;/m1./s1. The molecule has 1 amide bonds. The molecule has 6 nitrogen and oxygen atoms in total. The smallest absolute Gasteiger partial charge is 0.550 e. The first-order valence-corrected chi connectivity index (χ1v) is 11.3. The Bertz CT molecular complexity index is 482. The first kappa shape index (κ1) is 31.1. The van der Waals surface area contributed by atoms with Crippen molar-refractivity contribution in [3.63, 3.8) is 0 Å². The van der Waals surface area contributed by atoms with Crippen LogP contribution in [0.1, 0.15) is 110 Å². The van der Waals surface area contributed by atoms with E-state index in [0.717, 1.165) is 32.1 Å². The van der Waals surface area contributed by atoms with Crippen molar-refractivity contribution in [3.8, 4) is 0 Å². The molecule has 0 spiro atoms. The van der Waals surface area contributed by atoms with Crippen LogP contribution in [-0.2, 0) is 14.4 Å². The number of carboxylic acid groups (broad SMARTS) is 2.